The minimum atomic E-state index is -0.196. The van der Waals surface area contributed by atoms with Crippen molar-refractivity contribution in [2.45, 2.75) is 39.8 Å². The van der Waals surface area contributed by atoms with Crippen LogP contribution in [0.1, 0.15) is 32.2 Å². The molecule has 0 saturated carbocycles. The molecule has 0 spiro atoms. The molecule has 2 N–H and O–H groups in total. The highest BCUT2D eigenvalue weighted by molar-refractivity contribution is 5.78. The molecule has 20 heavy (non-hydrogen) atoms. The van der Waals surface area contributed by atoms with Gasteiger partial charge in [0.25, 0.3) is 0 Å². The smallest absolute Gasteiger partial charge is 0.234 e. The Morgan fingerprint density at radius 1 is 1.35 bits per heavy atom. The zero-order valence-corrected chi connectivity index (χ0v) is 12.5. The van der Waals surface area contributed by atoms with Crippen LogP contribution in [-0.4, -0.2) is 27.4 Å². The molecule has 0 atom stereocenters. The molecule has 0 aliphatic heterocycles. The molecule has 2 rings (SSSR count). The number of aromatic nitrogens is 2. The summed E-state index contributed by atoms with van der Waals surface area (Å²) < 4.78 is 2.05. The fourth-order valence-corrected chi connectivity index (χ4v) is 2.13. The van der Waals surface area contributed by atoms with Crippen LogP contribution in [0.4, 0.5) is 0 Å². The molecule has 0 aliphatic rings. The van der Waals surface area contributed by atoms with Gasteiger partial charge >= 0.3 is 0 Å². The van der Waals surface area contributed by atoms with E-state index < -0.39 is 0 Å². The van der Waals surface area contributed by atoms with E-state index in [2.05, 4.69) is 15.6 Å². The summed E-state index contributed by atoms with van der Waals surface area (Å²) in [6, 6.07) is 5.92. The molecule has 0 bridgehead atoms. The van der Waals surface area contributed by atoms with Gasteiger partial charge in [-0.25, -0.2) is 4.98 Å². The number of fused-ring (bicyclic) bond motifs is 1. The number of nitrogens with zero attached hydrogens (tertiary/aromatic N) is 2. The highest BCUT2D eigenvalue weighted by Crippen LogP contribution is 2.11. The summed E-state index contributed by atoms with van der Waals surface area (Å²) in [5, 5.41) is 6.10. The van der Waals surface area contributed by atoms with Crippen LogP contribution in [0.2, 0.25) is 0 Å². The Morgan fingerprint density at radius 2 is 2.10 bits per heavy atom. The van der Waals surface area contributed by atoms with Gasteiger partial charge < -0.3 is 15.0 Å². The number of hydrogen-bond acceptors (Lipinski definition) is 3. The maximum absolute atomic E-state index is 11.7. The predicted molar refractivity (Wildman–Crippen MR) is 79.5 cm³/mol. The van der Waals surface area contributed by atoms with E-state index >= 15 is 0 Å². The summed E-state index contributed by atoms with van der Waals surface area (Å²) >= 11 is 0. The molecule has 2 heterocycles. The number of nitrogens with one attached hydrogen (secondary N) is 2. The average molecular weight is 274 g/mol. The number of carbonyl (C=O) groups excluding carboxylic acids is 1. The molecule has 0 fully saturated rings. The predicted octanol–water partition coefficient (Wildman–Crippen LogP) is 1.65. The normalized spacial score (nSPS) is 11.8. The van der Waals surface area contributed by atoms with Gasteiger partial charge in [0.15, 0.2) is 0 Å². The first kappa shape index (κ1) is 14.5. The van der Waals surface area contributed by atoms with Crippen LogP contribution in [0, 0.1) is 6.92 Å². The Labute approximate surface area is 119 Å². The molecule has 0 aromatic carbocycles. The number of carbonyl (C=O) groups is 1. The molecule has 0 saturated heterocycles. The van der Waals surface area contributed by atoms with Crippen molar-refractivity contribution in [1.82, 2.24) is 20.0 Å². The van der Waals surface area contributed by atoms with E-state index in [0.717, 1.165) is 17.0 Å². The van der Waals surface area contributed by atoms with Gasteiger partial charge in [0, 0.05) is 18.3 Å². The van der Waals surface area contributed by atoms with Crippen LogP contribution in [0.5, 0.6) is 0 Å². The van der Waals surface area contributed by atoms with E-state index in [1.165, 1.54) is 0 Å². The van der Waals surface area contributed by atoms with Crippen LogP contribution < -0.4 is 10.6 Å². The van der Waals surface area contributed by atoms with E-state index in [1.54, 1.807) is 0 Å². The maximum Gasteiger partial charge on any atom is 0.234 e. The lowest BCUT2D eigenvalue weighted by molar-refractivity contribution is -0.121. The lowest BCUT2D eigenvalue weighted by Gasteiger charge is -2.20. The van der Waals surface area contributed by atoms with Crippen molar-refractivity contribution in [2.24, 2.45) is 0 Å². The zero-order valence-electron chi connectivity index (χ0n) is 12.5. The Kier molecular flexibility index (Phi) is 4.09. The quantitative estimate of drug-likeness (QED) is 0.891. The number of hydrogen-bond donors (Lipinski definition) is 2. The average Bonchev–Trinajstić information content (AvgIpc) is 2.64. The summed E-state index contributed by atoms with van der Waals surface area (Å²) in [5.74, 6) is 0.00368. The van der Waals surface area contributed by atoms with Crippen molar-refractivity contribution in [1.29, 1.82) is 0 Å². The van der Waals surface area contributed by atoms with Crippen molar-refractivity contribution in [3.63, 3.8) is 0 Å². The first-order valence-corrected chi connectivity index (χ1v) is 6.81. The topological polar surface area (TPSA) is 58.4 Å². The lowest BCUT2D eigenvalue weighted by Crippen LogP contribution is -2.44. The molecule has 0 aliphatic carbocycles. The van der Waals surface area contributed by atoms with Gasteiger partial charge in [-0.2, -0.15) is 0 Å². The van der Waals surface area contributed by atoms with Crippen molar-refractivity contribution < 1.29 is 4.79 Å². The Balaban J connectivity index is 1.96. The van der Waals surface area contributed by atoms with Gasteiger partial charge in [-0.05, 0) is 39.8 Å². The first-order chi connectivity index (χ1) is 9.37. The highest BCUT2D eigenvalue weighted by atomic mass is 16.2. The van der Waals surface area contributed by atoms with Gasteiger partial charge in [-0.3, -0.25) is 4.79 Å². The summed E-state index contributed by atoms with van der Waals surface area (Å²) in [7, 11) is 0. The fourth-order valence-electron chi connectivity index (χ4n) is 2.13. The third kappa shape index (κ3) is 3.57. The minimum absolute atomic E-state index is 0.00368. The second-order valence-corrected chi connectivity index (χ2v) is 5.97. The van der Waals surface area contributed by atoms with Crippen molar-refractivity contribution in [2.75, 3.05) is 6.54 Å². The van der Waals surface area contributed by atoms with E-state index in [4.69, 9.17) is 0 Å². The van der Waals surface area contributed by atoms with Gasteiger partial charge in [0.05, 0.1) is 17.9 Å². The monoisotopic (exact) mass is 274 g/mol. The van der Waals surface area contributed by atoms with Crippen molar-refractivity contribution in [3.05, 3.63) is 35.8 Å². The van der Waals surface area contributed by atoms with Crippen LogP contribution in [-0.2, 0) is 11.3 Å². The van der Waals surface area contributed by atoms with Gasteiger partial charge in [0.1, 0.15) is 5.65 Å². The molecule has 5 heteroatoms. The highest BCUT2D eigenvalue weighted by Gasteiger charge is 2.13. The molecule has 2 aromatic heterocycles. The number of rotatable bonds is 4. The number of imidazole rings is 1. The Bertz CT molecular complexity index is 610. The van der Waals surface area contributed by atoms with Gasteiger partial charge in [0.2, 0.25) is 5.91 Å². The molecule has 0 unspecified atom stereocenters. The van der Waals surface area contributed by atoms with Crippen LogP contribution >= 0.6 is 0 Å². The lowest BCUT2D eigenvalue weighted by atomic mass is 10.1. The summed E-state index contributed by atoms with van der Waals surface area (Å²) in [4.78, 5) is 16.2. The largest absolute Gasteiger partial charge is 0.350 e. The second kappa shape index (κ2) is 5.63. The Morgan fingerprint density at radius 3 is 2.80 bits per heavy atom. The minimum Gasteiger partial charge on any atom is -0.350 e. The number of pyridine rings is 1. The number of amides is 1. The summed E-state index contributed by atoms with van der Waals surface area (Å²) in [6.07, 6.45) is 1.99. The standard InChI is InChI=1S/C15H22N4O/c1-11-12(19-8-6-5-7-13(19)17-11)9-16-10-14(20)18-15(2,3)4/h5-8,16H,9-10H2,1-4H3,(H,18,20). The SMILES string of the molecule is Cc1nc2ccccn2c1CNCC(=O)NC(C)(C)C. The maximum atomic E-state index is 11.7. The van der Waals surface area contributed by atoms with E-state index in [9.17, 15) is 4.79 Å². The molecular formula is C15H22N4O. The fraction of sp³-hybridized carbons (Fsp3) is 0.467. The number of aryl methyl sites for hydroxylation is 1. The Hall–Kier alpha value is -1.88. The summed E-state index contributed by atoms with van der Waals surface area (Å²) in [6.45, 7) is 8.82. The van der Waals surface area contributed by atoms with Crippen molar-refractivity contribution in [3.8, 4) is 0 Å². The molecule has 0 radical (unpaired) electrons. The van der Waals surface area contributed by atoms with Crippen LogP contribution in [0.15, 0.2) is 24.4 Å². The molecular weight excluding hydrogens is 252 g/mol. The molecule has 108 valence electrons. The molecule has 2 aromatic rings. The van der Waals surface area contributed by atoms with Crippen LogP contribution in [0.3, 0.4) is 0 Å². The molecule has 1 amide bonds. The third-order valence-electron chi connectivity index (χ3n) is 2.92. The van der Waals surface area contributed by atoms with E-state index in [1.807, 2.05) is 56.5 Å². The summed E-state index contributed by atoms with van der Waals surface area (Å²) in [5.41, 5.74) is 2.81. The van der Waals surface area contributed by atoms with Crippen LogP contribution in [0.25, 0.3) is 5.65 Å². The zero-order chi connectivity index (χ0) is 14.8. The van der Waals surface area contributed by atoms with Gasteiger partial charge in [-0.1, -0.05) is 6.07 Å². The first-order valence-electron chi connectivity index (χ1n) is 6.81. The third-order valence-corrected chi connectivity index (χ3v) is 2.92. The van der Waals surface area contributed by atoms with E-state index in [0.29, 0.717) is 13.1 Å². The van der Waals surface area contributed by atoms with Gasteiger partial charge in [-0.15, -0.1) is 0 Å². The molecule has 5 nitrogen and oxygen atoms in total. The second-order valence-electron chi connectivity index (χ2n) is 5.97. The van der Waals surface area contributed by atoms with Crippen molar-refractivity contribution >= 4 is 11.6 Å². The van der Waals surface area contributed by atoms with E-state index in [-0.39, 0.29) is 11.4 Å².